The number of hydrogen-bond donors (Lipinski definition) is 0. The summed E-state index contributed by atoms with van der Waals surface area (Å²) in [6.07, 6.45) is 5.44. The molecule has 0 amide bonds. The average molecular weight is 486 g/mol. The molecule has 36 heavy (non-hydrogen) atoms. The summed E-state index contributed by atoms with van der Waals surface area (Å²) >= 11 is 0. The van der Waals surface area contributed by atoms with Gasteiger partial charge < -0.3 is 9.64 Å². The molecule has 6 rings (SSSR count). The standard InChI is InChI=1S/C28H35N7O/c1-19(2)33-10-8-22-13-35(31-26(22)18-33)23-14-32(15-23)16-24-17-34(12-20(3)36-24)27-7-6-21(11-29)28-25(27)5-4-9-30-28/h4-7,9,13,19-20,23-24H,8,10,12,14-18H2,1-3H3/t20-,24+/m1/s1. The maximum absolute atomic E-state index is 9.50. The maximum Gasteiger partial charge on any atom is 0.101 e. The highest BCUT2D eigenvalue weighted by Gasteiger charge is 2.35. The second kappa shape index (κ2) is 9.47. The second-order valence-corrected chi connectivity index (χ2v) is 10.9. The number of rotatable bonds is 5. The lowest BCUT2D eigenvalue weighted by Crippen LogP contribution is -2.56. The fraction of sp³-hybridized carbons (Fsp3) is 0.536. The van der Waals surface area contributed by atoms with Gasteiger partial charge in [0.25, 0.3) is 0 Å². The third-order valence-corrected chi connectivity index (χ3v) is 7.95. The molecule has 0 spiro atoms. The Balaban J connectivity index is 1.10. The molecule has 3 aliphatic heterocycles. The summed E-state index contributed by atoms with van der Waals surface area (Å²) in [5, 5.41) is 15.5. The molecule has 5 heterocycles. The number of likely N-dealkylation sites (tertiary alicyclic amines) is 1. The predicted octanol–water partition coefficient (Wildman–Crippen LogP) is 3.22. The van der Waals surface area contributed by atoms with Gasteiger partial charge in [-0.1, -0.05) is 0 Å². The monoisotopic (exact) mass is 485 g/mol. The first kappa shape index (κ1) is 23.4. The molecule has 0 radical (unpaired) electrons. The van der Waals surface area contributed by atoms with Gasteiger partial charge in [-0.25, -0.2) is 0 Å². The van der Waals surface area contributed by atoms with Crippen molar-refractivity contribution in [3.05, 3.63) is 53.5 Å². The highest BCUT2D eigenvalue weighted by atomic mass is 16.5. The Kier molecular flexibility index (Phi) is 6.16. The van der Waals surface area contributed by atoms with Gasteiger partial charge in [0.05, 0.1) is 35.0 Å². The van der Waals surface area contributed by atoms with E-state index in [1.165, 1.54) is 11.3 Å². The van der Waals surface area contributed by atoms with Gasteiger partial charge >= 0.3 is 0 Å². The van der Waals surface area contributed by atoms with E-state index in [1.54, 1.807) is 6.20 Å². The molecule has 0 aliphatic carbocycles. The molecule has 2 fully saturated rings. The van der Waals surface area contributed by atoms with E-state index >= 15 is 0 Å². The van der Waals surface area contributed by atoms with Gasteiger partial charge in [-0.3, -0.25) is 19.5 Å². The van der Waals surface area contributed by atoms with Gasteiger partial charge in [-0.2, -0.15) is 10.4 Å². The minimum atomic E-state index is 0.141. The summed E-state index contributed by atoms with van der Waals surface area (Å²) in [5.74, 6) is 0. The van der Waals surface area contributed by atoms with E-state index in [4.69, 9.17) is 9.84 Å². The average Bonchev–Trinajstić information content (AvgIpc) is 3.27. The number of fused-ring (bicyclic) bond motifs is 2. The minimum Gasteiger partial charge on any atom is -0.370 e. The van der Waals surface area contributed by atoms with Gasteiger partial charge in [0, 0.05) is 75.3 Å². The summed E-state index contributed by atoms with van der Waals surface area (Å²) in [6.45, 7) is 13.4. The molecule has 3 aromatic rings. The van der Waals surface area contributed by atoms with Crippen LogP contribution in [0.2, 0.25) is 0 Å². The molecule has 8 nitrogen and oxygen atoms in total. The first-order valence-electron chi connectivity index (χ1n) is 13.2. The van der Waals surface area contributed by atoms with E-state index in [0.29, 0.717) is 17.6 Å². The lowest BCUT2D eigenvalue weighted by Gasteiger charge is -2.44. The van der Waals surface area contributed by atoms with Crippen LogP contribution in [0.25, 0.3) is 10.9 Å². The third-order valence-electron chi connectivity index (χ3n) is 7.95. The number of anilines is 1. The van der Waals surface area contributed by atoms with Crippen LogP contribution in [0.1, 0.15) is 43.6 Å². The van der Waals surface area contributed by atoms with Crippen molar-refractivity contribution in [3.8, 4) is 6.07 Å². The first-order valence-corrected chi connectivity index (χ1v) is 13.2. The topological polar surface area (TPSA) is 73.5 Å². The van der Waals surface area contributed by atoms with Crippen LogP contribution in [0.5, 0.6) is 0 Å². The molecule has 0 N–H and O–H groups in total. The molecule has 2 saturated heterocycles. The van der Waals surface area contributed by atoms with E-state index < -0.39 is 0 Å². The molecule has 0 unspecified atom stereocenters. The number of aromatic nitrogens is 3. The maximum atomic E-state index is 9.50. The van der Waals surface area contributed by atoms with Crippen LogP contribution in [0, 0.1) is 11.3 Å². The molecule has 1 aromatic carbocycles. The normalized spacial score (nSPS) is 23.6. The van der Waals surface area contributed by atoms with Crippen molar-refractivity contribution in [2.45, 2.75) is 58.0 Å². The van der Waals surface area contributed by atoms with Crippen molar-refractivity contribution in [3.63, 3.8) is 0 Å². The molecule has 8 heteroatoms. The van der Waals surface area contributed by atoms with Gasteiger partial charge in [0.2, 0.25) is 0 Å². The Hall–Kier alpha value is -2.99. The molecule has 0 saturated carbocycles. The Labute approximate surface area is 213 Å². The number of benzene rings is 1. The van der Waals surface area contributed by atoms with Gasteiger partial charge in [-0.15, -0.1) is 0 Å². The highest BCUT2D eigenvalue weighted by molar-refractivity contribution is 5.95. The van der Waals surface area contributed by atoms with Crippen LogP contribution in [-0.2, 0) is 17.7 Å². The van der Waals surface area contributed by atoms with Crippen LogP contribution >= 0.6 is 0 Å². The molecule has 0 bridgehead atoms. The number of nitrogens with zero attached hydrogens (tertiary/aromatic N) is 7. The number of morpholine rings is 1. The summed E-state index contributed by atoms with van der Waals surface area (Å²) < 4.78 is 8.58. The Morgan fingerprint density at radius 1 is 1.17 bits per heavy atom. The zero-order valence-electron chi connectivity index (χ0n) is 21.5. The van der Waals surface area contributed by atoms with Crippen LogP contribution in [0.15, 0.2) is 36.7 Å². The van der Waals surface area contributed by atoms with Crippen molar-refractivity contribution in [1.29, 1.82) is 5.26 Å². The number of hydrogen-bond acceptors (Lipinski definition) is 7. The Morgan fingerprint density at radius 2 is 2.03 bits per heavy atom. The lowest BCUT2D eigenvalue weighted by atomic mass is 10.0. The number of nitriles is 1. The predicted molar refractivity (Wildman–Crippen MR) is 140 cm³/mol. The van der Waals surface area contributed by atoms with E-state index in [0.717, 1.165) is 68.8 Å². The minimum absolute atomic E-state index is 0.141. The van der Waals surface area contributed by atoms with Crippen molar-refractivity contribution < 1.29 is 4.74 Å². The molecule has 2 aromatic heterocycles. The van der Waals surface area contributed by atoms with Crippen LogP contribution < -0.4 is 4.90 Å². The van der Waals surface area contributed by atoms with Gasteiger partial charge in [0.1, 0.15) is 6.07 Å². The van der Waals surface area contributed by atoms with Gasteiger partial charge in [-0.05, 0) is 57.0 Å². The highest BCUT2D eigenvalue weighted by Crippen LogP contribution is 2.31. The lowest BCUT2D eigenvalue weighted by molar-refractivity contribution is -0.0489. The van der Waals surface area contributed by atoms with E-state index in [2.05, 4.69) is 69.5 Å². The third kappa shape index (κ3) is 4.36. The van der Waals surface area contributed by atoms with E-state index in [9.17, 15) is 5.26 Å². The first-order chi connectivity index (χ1) is 17.5. The van der Waals surface area contributed by atoms with E-state index in [-0.39, 0.29) is 12.2 Å². The summed E-state index contributed by atoms with van der Waals surface area (Å²) in [4.78, 5) is 11.9. The summed E-state index contributed by atoms with van der Waals surface area (Å²) in [5.41, 5.74) is 5.22. The van der Waals surface area contributed by atoms with Crippen LogP contribution in [0.4, 0.5) is 5.69 Å². The van der Waals surface area contributed by atoms with Crippen molar-refractivity contribution in [1.82, 2.24) is 24.6 Å². The van der Waals surface area contributed by atoms with Gasteiger partial charge in [0.15, 0.2) is 0 Å². The Bertz CT molecular complexity index is 1290. The molecular weight excluding hydrogens is 450 g/mol. The van der Waals surface area contributed by atoms with E-state index in [1.807, 2.05) is 12.1 Å². The zero-order chi connectivity index (χ0) is 24.8. The Morgan fingerprint density at radius 3 is 2.83 bits per heavy atom. The smallest absolute Gasteiger partial charge is 0.101 e. The molecule has 188 valence electrons. The molecule has 3 aliphatic rings. The van der Waals surface area contributed by atoms with Crippen molar-refractivity contribution in [2.75, 3.05) is 44.2 Å². The number of ether oxygens (including phenoxy) is 1. The SMILES string of the molecule is CC(C)N1CCc2cn(C3CN(C[C@H]4CN(c5ccc(C#N)c6ncccc56)C[C@@H](C)O4)C3)nc2C1. The summed E-state index contributed by atoms with van der Waals surface area (Å²) in [6, 6.07) is 11.3. The largest absolute Gasteiger partial charge is 0.370 e. The fourth-order valence-electron chi connectivity index (χ4n) is 5.99. The fourth-order valence-corrected chi connectivity index (χ4v) is 5.99. The van der Waals surface area contributed by atoms with Crippen LogP contribution in [0.3, 0.4) is 0 Å². The quantitative estimate of drug-likeness (QED) is 0.549. The van der Waals surface area contributed by atoms with Crippen molar-refractivity contribution >= 4 is 16.6 Å². The van der Waals surface area contributed by atoms with Crippen LogP contribution in [-0.4, -0.2) is 82.1 Å². The number of pyridine rings is 1. The zero-order valence-corrected chi connectivity index (χ0v) is 21.5. The summed E-state index contributed by atoms with van der Waals surface area (Å²) in [7, 11) is 0. The van der Waals surface area contributed by atoms with Crippen molar-refractivity contribution in [2.24, 2.45) is 0 Å². The second-order valence-electron chi connectivity index (χ2n) is 10.9. The molecule has 2 atom stereocenters. The molecular formula is C28H35N7O.